The monoisotopic (exact) mass is 435 g/mol. The van der Waals surface area contributed by atoms with E-state index in [2.05, 4.69) is 10.5 Å². The number of nitrogens with one attached hydrogen (secondary N) is 1. The van der Waals surface area contributed by atoms with E-state index >= 15 is 0 Å². The quantitative estimate of drug-likeness (QED) is 0.393. The van der Waals surface area contributed by atoms with Crippen LogP contribution in [0.15, 0.2) is 52.5 Å². The van der Waals surface area contributed by atoms with Crippen molar-refractivity contribution in [1.82, 2.24) is 4.31 Å². The summed E-state index contributed by atoms with van der Waals surface area (Å²) >= 11 is 0. The summed E-state index contributed by atoms with van der Waals surface area (Å²) in [6.07, 6.45) is 1.17. The zero-order valence-electron chi connectivity index (χ0n) is 15.5. The number of nitrogens with zero attached hydrogens (tertiary/aromatic N) is 4. The van der Waals surface area contributed by atoms with Crippen molar-refractivity contribution in [2.75, 3.05) is 31.7 Å². The van der Waals surface area contributed by atoms with Crippen molar-refractivity contribution in [1.29, 1.82) is 0 Å². The van der Waals surface area contributed by atoms with Crippen molar-refractivity contribution in [2.24, 2.45) is 5.10 Å². The molecule has 0 atom stereocenters. The predicted octanol–water partition coefficient (Wildman–Crippen LogP) is 1.97. The smallest absolute Gasteiger partial charge is 0.278 e. The molecule has 2 aromatic carbocycles. The van der Waals surface area contributed by atoms with Gasteiger partial charge in [0, 0.05) is 31.3 Å². The van der Waals surface area contributed by atoms with Crippen LogP contribution in [0.5, 0.6) is 0 Å². The van der Waals surface area contributed by atoms with E-state index in [0.717, 1.165) is 12.1 Å². The molecule has 158 valence electrons. The highest BCUT2D eigenvalue weighted by Crippen LogP contribution is 2.29. The summed E-state index contributed by atoms with van der Waals surface area (Å²) in [5, 5.41) is 26.1. The average Bonchev–Trinajstić information content (AvgIpc) is 2.74. The summed E-state index contributed by atoms with van der Waals surface area (Å²) in [6, 6.07) is 9.20. The Balaban J connectivity index is 1.95. The number of anilines is 1. The van der Waals surface area contributed by atoms with Crippen molar-refractivity contribution in [3.05, 3.63) is 68.3 Å². The van der Waals surface area contributed by atoms with E-state index < -0.39 is 25.6 Å². The second-order valence-corrected chi connectivity index (χ2v) is 8.05. The maximum atomic E-state index is 13.0. The van der Waals surface area contributed by atoms with Crippen molar-refractivity contribution in [3.63, 3.8) is 0 Å². The van der Waals surface area contributed by atoms with E-state index in [1.165, 1.54) is 34.8 Å². The first-order valence-electron chi connectivity index (χ1n) is 8.69. The summed E-state index contributed by atoms with van der Waals surface area (Å²) < 4.78 is 32.4. The molecule has 1 aliphatic rings. The molecular formula is C17H17N5O7S. The fourth-order valence-corrected chi connectivity index (χ4v) is 4.36. The average molecular weight is 435 g/mol. The molecule has 0 aromatic heterocycles. The summed E-state index contributed by atoms with van der Waals surface area (Å²) in [5.41, 5.74) is 2.16. The lowest BCUT2D eigenvalue weighted by Gasteiger charge is -2.26. The number of nitro groups is 2. The van der Waals surface area contributed by atoms with E-state index in [0.29, 0.717) is 0 Å². The van der Waals surface area contributed by atoms with Gasteiger partial charge in [0.2, 0.25) is 10.0 Å². The number of non-ortho nitro benzene ring substituents is 1. The molecule has 0 aliphatic carbocycles. The Morgan fingerprint density at radius 1 is 1.07 bits per heavy atom. The molecule has 3 rings (SSSR count). The second kappa shape index (κ2) is 8.94. The molecular weight excluding hydrogens is 418 g/mol. The Bertz CT molecular complexity index is 1100. The van der Waals surface area contributed by atoms with E-state index in [1.54, 1.807) is 6.07 Å². The van der Waals surface area contributed by atoms with Crippen molar-refractivity contribution < 1.29 is 23.0 Å². The molecule has 0 bridgehead atoms. The number of nitro benzene ring substituents is 2. The minimum atomic E-state index is -4.06. The molecule has 0 radical (unpaired) electrons. The molecule has 0 unspecified atom stereocenters. The first-order valence-corrected chi connectivity index (χ1v) is 10.1. The number of ether oxygens (including phenoxy) is 1. The van der Waals surface area contributed by atoms with Gasteiger partial charge in [-0.25, -0.2) is 8.42 Å². The number of para-hydroxylation sites is 1. The molecule has 1 saturated heterocycles. The Hall–Kier alpha value is -3.42. The van der Waals surface area contributed by atoms with Gasteiger partial charge in [-0.05, 0) is 12.1 Å². The van der Waals surface area contributed by atoms with Crippen LogP contribution in [0.1, 0.15) is 5.56 Å². The molecule has 0 amide bonds. The third-order valence-corrected chi connectivity index (χ3v) is 6.22. The molecule has 30 heavy (non-hydrogen) atoms. The number of morpholine rings is 1. The van der Waals surface area contributed by atoms with Gasteiger partial charge in [-0.3, -0.25) is 25.7 Å². The molecule has 1 N–H and O–H groups in total. The Labute approximate surface area is 171 Å². The van der Waals surface area contributed by atoms with Gasteiger partial charge in [-0.2, -0.15) is 9.41 Å². The van der Waals surface area contributed by atoms with Crippen LogP contribution in [0, 0.1) is 20.2 Å². The van der Waals surface area contributed by atoms with Crippen LogP contribution in [-0.4, -0.2) is 55.1 Å². The van der Waals surface area contributed by atoms with Gasteiger partial charge in [0.05, 0.1) is 40.5 Å². The first kappa shape index (κ1) is 21.3. The molecule has 2 aromatic rings. The summed E-state index contributed by atoms with van der Waals surface area (Å²) in [7, 11) is -4.06. The Morgan fingerprint density at radius 2 is 1.77 bits per heavy atom. The first-order chi connectivity index (χ1) is 14.3. The van der Waals surface area contributed by atoms with Gasteiger partial charge in [0.1, 0.15) is 4.90 Å². The van der Waals surface area contributed by atoms with Gasteiger partial charge >= 0.3 is 0 Å². The van der Waals surface area contributed by atoms with Crippen LogP contribution in [0.25, 0.3) is 0 Å². The number of hydrogen-bond acceptors (Lipinski definition) is 9. The van der Waals surface area contributed by atoms with Gasteiger partial charge < -0.3 is 4.74 Å². The molecule has 1 aliphatic heterocycles. The number of hydrogen-bond donors (Lipinski definition) is 1. The maximum absolute atomic E-state index is 13.0. The van der Waals surface area contributed by atoms with E-state index in [1.807, 2.05) is 0 Å². The predicted molar refractivity (Wildman–Crippen MR) is 107 cm³/mol. The van der Waals surface area contributed by atoms with Gasteiger partial charge in [0.15, 0.2) is 0 Å². The SMILES string of the molecule is O=[N+]([O-])c1ccc(NN=Cc2ccccc2[N+](=O)[O-])c(S(=O)(=O)N2CCOCC2)c1. The van der Waals surface area contributed by atoms with Crippen LogP contribution >= 0.6 is 0 Å². The topological polar surface area (TPSA) is 157 Å². The van der Waals surface area contributed by atoms with Crippen LogP contribution in [0.3, 0.4) is 0 Å². The number of sulfonamides is 1. The third-order valence-electron chi connectivity index (χ3n) is 4.29. The molecule has 1 heterocycles. The van der Waals surface area contributed by atoms with Gasteiger partial charge in [0.25, 0.3) is 11.4 Å². The zero-order chi connectivity index (χ0) is 21.7. The highest BCUT2D eigenvalue weighted by atomic mass is 32.2. The van der Waals surface area contributed by atoms with Crippen molar-refractivity contribution in [3.8, 4) is 0 Å². The van der Waals surface area contributed by atoms with E-state index in [4.69, 9.17) is 4.74 Å². The fraction of sp³-hybridized carbons (Fsp3) is 0.235. The second-order valence-electron chi connectivity index (χ2n) is 6.14. The molecule has 0 spiro atoms. The highest BCUT2D eigenvalue weighted by molar-refractivity contribution is 7.89. The summed E-state index contributed by atoms with van der Waals surface area (Å²) in [5.74, 6) is 0. The molecule has 1 fully saturated rings. The van der Waals surface area contributed by atoms with Gasteiger partial charge in [-0.15, -0.1) is 0 Å². The largest absolute Gasteiger partial charge is 0.379 e. The van der Waals surface area contributed by atoms with Gasteiger partial charge in [-0.1, -0.05) is 12.1 Å². The molecule has 13 heteroatoms. The number of benzene rings is 2. The van der Waals surface area contributed by atoms with Crippen LogP contribution in [0.2, 0.25) is 0 Å². The van der Waals surface area contributed by atoms with Crippen LogP contribution in [0.4, 0.5) is 17.1 Å². The minimum absolute atomic E-state index is 0.00178. The molecule has 0 saturated carbocycles. The fourth-order valence-electron chi connectivity index (χ4n) is 2.79. The lowest BCUT2D eigenvalue weighted by atomic mass is 10.2. The summed E-state index contributed by atoms with van der Waals surface area (Å²) in [6.45, 7) is 0.660. The van der Waals surface area contributed by atoms with Crippen LogP contribution < -0.4 is 5.43 Å². The lowest BCUT2D eigenvalue weighted by Crippen LogP contribution is -2.40. The number of rotatable bonds is 7. The van der Waals surface area contributed by atoms with Crippen LogP contribution in [-0.2, 0) is 14.8 Å². The Kier molecular flexibility index (Phi) is 6.34. The highest BCUT2D eigenvalue weighted by Gasteiger charge is 2.30. The number of hydrazone groups is 1. The van der Waals surface area contributed by atoms with E-state index in [9.17, 15) is 28.6 Å². The van der Waals surface area contributed by atoms with Crippen molar-refractivity contribution in [2.45, 2.75) is 4.90 Å². The Morgan fingerprint density at radius 3 is 2.43 bits per heavy atom. The zero-order valence-corrected chi connectivity index (χ0v) is 16.3. The third kappa shape index (κ3) is 4.59. The van der Waals surface area contributed by atoms with E-state index in [-0.39, 0.29) is 48.1 Å². The maximum Gasteiger partial charge on any atom is 0.278 e. The standard InChI is InChI=1S/C17H17N5O7S/c23-21(24)14-5-6-15(17(11-14)30(27,28)20-7-9-29-10-8-20)19-18-12-13-3-1-2-4-16(13)22(25)26/h1-6,11-12,19H,7-10H2. The normalized spacial score (nSPS) is 15.2. The summed E-state index contributed by atoms with van der Waals surface area (Å²) in [4.78, 5) is 20.6. The van der Waals surface area contributed by atoms with Crippen molar-refractivity contribution >= 4 is 33.3 Å². The lowest BCUT2D eigenvalue weighted by molar-refractivity contribution is -0.385. The molecule has 12 nitrogen and oxygen atoms in total. The minimum Gasteiger partial charge on any atom is -0.379 e.